The third-order valence-electron chi connectivity index (χ3n) is 3.55. The fraction of sp³-hybridized carbons (Fsp3) is 0.462. The van der Waals surface area contributed by atoms with E-state index in [9.17, 15) is 14.9 Å². The summed E-state index contributed by atoms with van der Waals surface area (Å²) in [4.78, 5) is 22.5. The summed E-state index contributed by atoms with van der Waals surface area (Å²) in [5.41, 5.74) is 5.16. The van der Waals surface area contributed by atoms with Crippen LogP contribution < -0.4 is 11.1 Å². The monoisotopic (exact) mass is 299 g/mol. The van der Waals surface area contributed by atoms with Crippen LogP contribution >= 0.6 is 11.6 Å². The molecular formula is C13H18ClN3O3. The van der Waals surface area contributed by atoms with E-state index in [0.717, 1.165) is 25.0 Å². The number of nitro groups is 1. The second-order valence-electron chi connectivity index (χ2n) is 4.87. The summed E-state index contributed by atoms with van der Waals surface area (Å²) in [5.74, 6) is -0.459. The van der Waals surface area contributed by atoms with Gasteiger partial charge in [0.25, 0.3) is 11.6 Å². The van der Waals surface area contributed by atoms with Crippen LogP contribution in [0.5, 0.6) is 0 Å². The Bertz CT molecular complexity index is 542. The van der Waals surface area contributed by atoms with E-state index in [4.69, 9.17) is 17.3 Å². The molecule has 7 heteroatoms. The van der Waals surface area contributed by atoms with E-state index in [1.165, 1.54) is 0 Å². The maximum Gasteiger partial charge on any atom is 0.271 e. The number of anilines is 1. The first-order chi connectivity index (χ1) is 9.24. The summed E-state index contributed by atoms with van der Waals surface area (Å²) in [6, 6.07) is 2.27. The zero-order chi connectivity index (χ0) is 15.5. The topological polar surface area (TPSA) is 98.3 Å². The molecule has 0 aliphatic carbocycles. The Morgan fingerprint density at radius 2 is 2.00 bits per heavy atom. The standard InChI is InChI=1S/C13H18ClN3O3/c1-4-13(3,5-2)16-12(18)9-6-8(17(19)20)7-10(14)11(9)15/h6-7H,4-5,15H2,1-3H3,(H,16,18). The van der Waals surface area contributed by atoms with E-state index >= 15 is 0 Å². The number of carbonyl (C=O) groups excluding carboxylic acids is 1. The Morgan fingerprint density at radius 1 is 1.45 bits per heavy atom. The second kappa shape index (κ2) is 6.09. The van der Waals surface area contributed by atoms with E-state index in [1.54, 1.807) is 0 Å². The lowest BCUT2D eigenvalue weighted by Crippen LogP contribution is -2.45. The van der Waals surface area contributed by atoms with Crippen molar-refractivity contribution in [2.75, 3.05) is 5.73 Å². The summed E-state index contributed by atoms with van der Waals surface area (Å²) >= 11 is 5.84. The van der Waals surface area contributed by atoms with Crippen molar-refractivity contribution in [1.82, 2.24) is 5.32 Å². The number of nitrogens with zero attached hydrogens (tertiary/aromatic N) is 1. The molecule has 6 nitrogen and oxygen atoms in total. The number of nitrogen functional groups attached to an aromatic ring is 1. The lowest BCUT2D eigenvalue weighted by Gasteiger charge is -2.28. The Balaban J connectivity index is 3.19. The van der Waals surface area contributed by atoms with E-state index in [1.807, 2.05) is 20.8 Å². The molecule has 0 fully saturated rings. The Labute approximate surface area is 122 Å². The van der Waals surface area contributed by atoms with Gasteiger partial charge in [0.2, 0.25) is 0 Å². The minimum absolute atomic E-state index is 0.000880. The Morgan fingerprint density at radius 3 is 2.45 bits per heavy atom. The number of nitro benzene ring substituents is 1. The van der Waals surface area contributed by atoms with Crippen molar-refractivity contribution in [2.45, 2.75) is 39.2 Å². The molecule has 3 N–H and O–H groups in total. The highest BCUT2D eigenvalue weighted by Crippen LogP contribution is 2.29. The molecule has 0 saturated heterocycles. The molecule has 1 amide bonds. The fourth-order valence-electron chi connectivity index (χ4n) is 1.67. The number of carbonyl (C=O) groups is 1. The predicted molar refractivity (Wildman–Crippen MR) is 79.0 cm³/mol. The average molecular weight is 300 g/mol. The van der Waals surface area contributed by atoms with Crippen LogP contribution in [0.25, 0.3) is 0 Å². The molecule has 20 heavy (non-hydrogen) atoms. The number of rotatable bonds is 5. The van der Waals surface area contributed by atoms with Gasteiger partial charge in [-0.25, -0.2) is 0 Å². The van der Waals surface area contributed by atoms with Gasteiger partial charge in [0.15, 0.2) is 0 Å². The minimum atomic E-state index is -0.610. The Hall–Kier alpha value is -1.82. The van der Waals surface area contributed by atoms with Gasteiger partial charge >= 0.3 is 0 Å². The first-order valence-electron chi connectivity index (χ1n) is 6.30. The van der Waals surface area contributed by atoms with Crippen molar-refractivity contribution in [3.05, 3.63) is 32.8 Å². The van der Waals surface area contributed by atoms with E-state index in [0.29, 0.717) is 0 Å². The highest BCUT2D eigenvalue weighted by Gasteiger charge is 2.25. The van der Waals surface area contributed by atoms with Gasteiger partial charge in [-0.05, 0) is 19.8 Å². The largest absolute Gasteiger partial charge is 0.397 e. The van der Waals surface area contributed by atoms with Crippen LogP contribution in [-0.4, -0.2) is 16.4 Å². The van der Waals surface area contributed by atoms with Crippen molar-refractivity contribution < 1.29 is 9.72 Å². The van der Waals surface area contributed by atoms with E-state index < -0.39 is 10.8 Å². The molecule has 0 aliphatic heterocycles. The lowest BCUT2D eigenvalue weighted by atomic mass is 9.95. The van der Waals surface area contributed by atoms with Gasteiger partial charge < -0.3 is 11.1 Å². The molecule has 1 aromatic carbocycles. The number of hydrogen-bond acceptors (Lipinski definition) is 4. The maximum absolute atomic E-state index is 12.3. The smallest absolute Gasteiger partial charge is 0.271 e. The molecule has 0 atom stereocenters. The quantitative estimate of drug-likeness (QED) is 0.495. The lowest BCUT2D eigenvalue weighted by molar-refractivity contribution is -0.384. The number of nitrogens with two attached hydrogens (primary N) is 1. The second-order valence-corrected chi connectivity index (χ2v) is 5.28. The number of non-ortho nitro benzene ring substituents is 1. The zero-order valence-corrected chi connectivity index (χ0v) is 12.5. The zero-order valence-electron chi connectivity index (χ0n) is 11.7. The van der Waals surface area contributed by atoms with Gasteiger partial charge in [-0.15, -0.1) is 0 Å². The normalized spacial score (nSPS) is 11.2. The van der Waals surface area contributed by atoms with Crippen LogP contribution in [0.3, 0.4) is 0 Å². The van der Waals surface area contributed by atoms with Crippen LogP contribution in [0.15, 0.2) is 12.1 Å². The summed E-state index contributed by atoms with van der Waals surface area (Å²) in [6.07, 6.45) is 1.47. The van der Waals surface area contributed by atoms with Gasteiger partial charge in [-0.1, -0.05) is 25.4 Å². The van der Waals surface area contributed by atoms with E-state index in [2.05, 4.69) is 5.32 Å². The highest BCUT2D eigenvalue weighted by atomic mass is 35.5. The van der Waals surface area contributed by atoms with Crippen molar-refractivity contribution in [3.63, 3.8) is 0 Å². The van der Waals surface area contributed by atoms with Crippen LogP contribution in [-0.2, 0) is 0 Å². The summed E-state index contributed by atoms with van der Waals surface area (Å²) in [5, 5.41) is 13.7. The van der Waals surface area contributed by atoms with Crippen molar-refractivity contribution >= 4 is 28.9 Å². The minimum Gasteiger partial charge on any atom is -0.397 e. The molecule has 0 radical (unpaired) electrons. The number of halogens is 1. The SMILES string of the molecule is CCC(C)(CC)NC(=O)c1cc([N+](=O)[O-])cc(Cl)c1N. The van der Waals surface area contributed by atoms with Gasteiger partial charge in [0.05, 0.1) is 21.2 Å². The van der Waals surface area contributed by atoms with Crippen LogP contribution in [0.4, 0.5) is 11.4 Å². The third kappa shape index (κ3) is 3.39. The first kappa shape index (κ1) is 16.2. The Kier molecular flexibility index (Phi) is 4.94. The molecule has 0 bridgehead atoms. The molecule has 0 heterocycles. The van der Waals surface area contributed by atoms with Crippen molar-refractivity contribution in [2.24, 2.45) is 0 Å². The van der Waals surface area contributed by atoms with Gasteiger partial charge in [0.1, 0.15) is 0 Å². The van der Waals surface area contributed by atoms with Gasteiger partial charge in [-0.2, -0.15) is 0 Å². The summed E-state index contributed by atoms with van der Waals surface area (Å²) < 4.78 is 0. The predicted octanol–water partition coefficient (Wildman–Crippen LogP) is 3.14. The average Bonchev–Trinajstić information content (AvgIpc) is 2.41. The van der Waals surface area contributed by atoms with Crippen LogP contribution in [0.1, 0.15) is 44.0 Å². The van der Waals surface area contributed by atoms with Crippen molar-refractivity contribution in [3.8, 4) is 0 Å². The molecule has 1 rings (SSSR count). The maximum atomic E-state index is 12.3. The fourth-order valence-corrected chi connectivity index (χ4v) is 1.88. The van der Waals surface area contributed by atoms with Crippen LogP contribution in [0, 0.1) is 10.1 Å². The highest BCUT2D eigenvalue weighted by molar-refractivity contribution is 6.34. The molecule has 0 aliphatic rings. The number of amides is 1. The van der Waals surface area contributed by atoms with Crippen LogP contribution in [0.2, 0.25) is 5.02 Å². The molecule has 0 spiro atoms. The van der Waals surface area contributed by atoms with Gasteiger partial charge in [0, 0.05) is 17.7 Å². The number of benzene rings is 1. The summed E-state index contributed by atoms with van der Waals surface area (Å²) in [7, 11) is 0. The number of nitrogens with one attached hydrogen (secondary N) is 1. The third-order valence-corrected chi connectivity index (χ3v) is 3.86. The molecule has 0 aromatic heterocycles. The molecule has 110 valence electrons. The van der Waals surface area contributed by atoms with Gasteiger partial charge in [-0.3, -0.25) is 14.9 Å². The molecule has 1 aromatic rings. The molecule has 0 unspecified atom stereocenters. The van der Waals surface area contributed by atoms with Crippen molar-refractivity contribution in [1.29, 1.82) is 0 Å². The van der Waals surface area contributed by atoms with E-state index in [-0.39, 0.29) is 27.5 Å². The molecule has 0 saturated carbocycles. The molecular weight excluding hydrogens is 282 g/mol. The summed E-state index contributed by atoms with van der Waals surface area (Å²) in [6.45, 7) is 5.81. The number of hydrogen-bond donors (Lipinski definition) is 2. The first-order valence-corrected chi connectivity index (χ1v) is 6.67.